The standard InChI is InChI=1S/C15H23F2N/c1-4-7-18-15(11(5-2)6-3)12-8-13(16)10-14(17)9-12/h8-11,15,18H,4-7H2,1-3H3. The summed E-state index contributed by atoms with van der Waals surface area (Å²) in [6.45, 7) is 7.18. The Morgan fingerprint density at radius 1 is 1.00 bits per heavy atom. The van der Waals surface area contributed by atoms with Gasteiger partial charge in [0.1, 0.15) is 11.6 Å². The van der Waals surface area contributed by atoms with E-state index < -0.39 is 11.6 Å². The maximum atomic E-state index is 13.3. The van der Waals surface area contributed by atoms with E-state index in [1.165, 1.54) is 12.1 Å². The van der Waals surface area contributed by atoms with Gasteiger partial charge in [0.25, 0.3) is 0 Å². The average molecular weight is 255 g/mol. The van der Waals surface area contributed by atoms with Gasteiger partial charge in [0.05, 0.1) is 0 Å². The monoisotopic (exact) mass is 255 g/mol. The van der Waals surface area contributed by atoms with Crippen molar-refractivity contribution < 1.29 is 8.78 Å². The van der Waals surface area contributed by atoms with E-state index in [1.807, 2.05) is 0 Å². The number of hydrogen-bond donors (Lipinski definition) is 1. The molecule has 0 radical (unpaired) electrons. The minimum absolute atomic E-state index is 0.0325. The van der Waals surface area contributed by atoms with Crippen LogP contribution in [0.4, 0.5) is 8.78 Å². The van der Waals surface area contributed by atoms with E-state index in [2.05, 4.69) is 26.1 Å². The highest BCUT2D eigenvalue weighted by Gasteiger charge is 2.20. The van der Waals surface area contributed by atoms with Gasteiger partial charge < -0.3 is 5.32 Å². The molecule has 0 saturated heterocycles. The van der Waals surface area contributed by atoms with Crippen LogP contribution in [0.15, 0.2) is 18.2 Å². The van der Waals surface area contributed by atoms with Crippen LogP contribution < -0.4 is 5.32 Å². The molecular weight excluding hydrogens is 232 g/mol. The zero-order valence-electron chi connectivity index (χ0n) is 11.5. The smallest absolute Gasteiger partial charge is 0.126 e. The summed E-state index contributed by atoms with van der Waals surface area (Å²) in [4.78, 5) is 0. The molecule has 102 valence electrons. The van der Waals surface area contributed by atoms with E-state index in [4.69, 9.17) is 0 Å². The largest absolute Gasteiger partial charge is 0.310 e. The topological polar surface area (TPSA) is 12.0 Å². The van der Waals surface area contributed by atoms with Gasteiger partial charge in [0.15, 0.2) is 0 Å². The van der Waals surface area contributed by atoms with Crippen molar-refractivity contribution in [3.63, 3.8) is 0 Å². The molecule has 3 heteroatoms. The van der Waals surface area contributed by atoms with Crippen LogP contribution in [0.25, 0.3) is 0 Å². The molecule has 1 rings (SSSR count). The Morgan fingerprint density at radius 2 is 1.56 bits per heavy atom. The zero-order valence-corrected chi connectivity index (χ0v) is 11.5. The van der Waals surface area contributed by atoms with Gasteiger partial charge in [-0.3, -0.25) is 0 Å². The summed E-state index contributed by atoms with van der Waals surface area (Å²) >= 11 is 0. The second-order valence-electron chi connectivity index (χ2n) is 4.71. The maximum absolute atomic E-state index is 13.3. The normalized spacial score (nSPS) is 13.0. The molecule has 0 heterocycles. The molecule has 18 heavy (non-hydrogen) atoms. The summed E-state index contributed by atoms with van der Waals surface area (Å²) < 4.78 is 26.6. The Balaban J connectivity index is 2.99. The van der Waals surface area contributed by atoms with Gasteiger partial charge in [-0.1, -0.05) is 33.6 Å². The molecule has 0 aliphatic rings. The number of rotatable bonds is 7. The van der Waals surface area contributed by atoms with Crippen molar-refractivity contribution >= 4 is 0 Å². The predicted octanol–water partition coefficient (Wildman–Crippen LogP) is 4.44. The van der Waals surface area contributed by atoms with Gasteiger partial charge in [-0.05, 0) is 36.6 Å². The van der Waals surface area contributed by atoms with Crippen LogP contribution in [0.3, 0.4) is 0 Å². The Kier molecular flexibility index (Phi) is 6.27. The summed E-state index contributed by atoms with van der Waals surface area (Å²) in [6.07, 6.45) is 3.00. The Bertz CT molecular complexity index is 341. The molecular formula is C15H23F2N. The Hall–Kier alpha value is -0.960. The van der Waals surface area contributed by atoms with Gasteiger partial charge in [-0.25, -0.2) is 8.78 Å². The lowest BCUT2D eigenvalue weighted by Crippen LogP contribution is -2.28. The van der Waals surface area contributed by atoms with E-state index in [0.717, 1.165) is 37.4 Å². The number of benzene rings is 1. The lowest BCUT2D eigenvalue weighted by Gasteiger charge is -2.27. The minimum atomic E-state index is -0.501. The molecule has 0 fully saturated rings. The lowest BCUT2D eigenvalue weighted by atomic mass is 9.88. The third kappa shape index (κ3) is 4.05. The molecule has 0 amide bonds. The lowest BCUT2D eigenvalue weighted by molar-refractivity contribution is 0.339. The molecule has 1 aromatic carbocycles. The fraction of sp³-hybridized carbons (Fsp3) is 0.600. The number of halogens is 2. The highest BCUT2D eigenvalue weighted by molar-refractivity contribution is 5.22. The molecule has 0 bridgehead atoms. The van der Waals surface area contributed by atoms with Gasteiger partial charge in [-0.15, -0.1) is 0 Å². The van der Waals surface area contributed by atoms with Crippen molar-refractivity contribution in [3.8, 4) is 0 Å². The first kappa shape index (κ1) is 15.1. The summed E-state index contributed by atoms with van der Waals surface area (Å²) in [7, 11) is 0. The highest BCUT2D eigenvalue weighted by Crippen LogP contribution is 2.28. The summed E-state index contributed by atoms with van der Waals surface area (Å²) in [6, 6.07) is 3.83. The van der Waals surface area contributed by atoms with Crippen molar-refractivity contribution in [2.75, 3.05) is 6.54 Å². The highest BCUT2D eigenvalue weighted by atomic mass is 19.1. The average Bonchev–Trinajstić information content (AvgIpc) is 2.33. The quantitative estimate of drug-likeness (QED) is 0.759. The Labute approximate surface area is 109 Å². The number of nitrogens with one attached hydrogen (secondary N) is 1. The minimum Gasteiger partial charge on any atom is -0.310 e. The zero-order chi connectivity index (χ0) is 13.5. The van der Waals surface area contributed by atoms with E-state index in [1.54, 1.807) is 0 Å². The van der Waals surface area contributed by atoms with E-state index in [-0.39, 0.29) is 6.04 Å². The molecule has 0 aromatic heterocycles. The van der Waals surface area contributed by atoms with Crippen molar-refractivity contribution in [1.82, 2.24) is 5.32 Å². The second kappa shape index (κ2) is 7.47. The van der Waals surface area contributed by atoms with Crippen molar-refractivity contribution in [2.45, 2.75) is 46.1 Å². The molecule has 1 atom stereocenters. The van der Waals surface area contributed by atoms with E-state index >= 15 is 0 Å². The van der Waals surface area contributed by atoms with Crippen LogP contribution in [-0.2, 0) is 0 Å². The summed E-state index contributed by atoms with van der Waals surface area (Å²) in [5.74, 6) is -0.601. The molecule has 1 unspecified atom stereocenters. The Morgan fingerprint density at radius 3 is 2.00 bits per heavy atom. The third-order valence-electron chi connectivity index (χ3n) is 3.38. The fourth-order valence-electron chi connectivity index (χ4n) is 2.37. The van der Waals surface area contributed by atoms with Crippen LogP contribution in [0.2, 0.25) is 0 Å². The van der Waals surface area contributed by atoms with Crippen molar-refractivity contribution in [1.29, 1.82) is 0 Å². The van der Waals surface area contributed by atoms with E-state index in [0.29, 0.717) is 5.92 Å². The molecule has 1 N–H and O–H groups in total. The molecule has 0 saturated carbocycles. The molecule has 1 aromatic rings. The van der Waals surface area contributed by atoms with Crippen LogP contribution in [0.5, 0.6) is 0 Å². The van der Waals surface area contributed by atoms with Gasteiger partial charge in [0.2, 0.25) is 0 Å². The van der Waals surface area contributed by atoms with Crippen LogP contribution in [0, 0.1) is 17.6 Å². The summed E-state index contributed by atoms with van der Waals surface area (Å²) in [5, 5.41) is 3.41. The van der Waals surface area contributed by atoms with Gasteiger partial charge in [0, 0.05) is 12.1 Å². The van der Waals surface area contributed by atoms with Crippen molar-refractivity contribution in [2.24, 2.45) is 5.92 Å². The van der Waals surface area contributed by atoms with Gasteiger partial charge >= 0.3 is 0 Å². The first-order valence-electron chi connectivity index (χ1n) is 6.81. The molecule has 1 nitrogen and oxygen atoms in total. The SMILES string of the molecule is CCCNC(c1cc(F)cc(F)c1)C(CC)CC. The maximum Gasteiger partial charge on any atom is 0.126 e. The van der Waals surface area contributed by atoms with Gasteiger partial charge in [-0.2, -0.15) is 0 Å². The molecule has 0 aliphatic carbocycles. The van der Waals surface area contributed by atoms with Crippen molar-refractivity contribution in [3.05, 3.63) is 35.4 Å². The summed E-state index contributed by atoms with van der Waals surface area (Å²) in [5.41, 5.74) is 0.717. The third-order valence-corrected chi connectivity index (χ3v) is 3.38. The molecule has 0 aliphatic heterocycles. The molecule has 0 spiro atoms. The number of hydrogen-bond acceptors (Lipinski definition) is 1. The first-order valence-corrected chi connectivity index (χ1v) is 6.81. The fourth-order valence-corrected chi connectivity index (χ4v) is 2.37. The van der Waals surface area contributed by atoms with Crippen LogP contribution in [0.1, 0.15) is 51.6 Å². The second-order valence-corrected chi connectivity index (χ2v) is 4.71. The van der Waals surface area contributed by atoms with Crippen LogP contribution in [-0.4, -0.2) is 6.54 Å². The first-order chi connectivity index (χ1) is 8.62. The predicted molar refractivity (Wildman–Crippen MR) is 71.5 cm³/mol. The van der Waals surface area contributed by atoms with Crippen LogP contribution >= 0.6 is 0 Å². The van der Waals surface area contributed by atoms with E-state index in [9.17, 15) is 8.78 Å².